The fourth-order valence-electron chi connectivity index (χ4n) is 7.93. The first-order valence-electron chi connectivity index (χ1n) is 18.7. The van der Waals surface area contributed by atoms with Gasteiger partial charge >= 0.3 is 0 Å². The van der Waals surface area contributed by atoms with Crippen LogP contribution in [0.3, 0.4) is 0 Å². The van der Waals surface area contributed by atoms with Crippen LogP contribution in [0.15, 0.2) is 194 Å². The largest absolute Gasteiger partial charge is 0.265 e. The Labute approximate surface area is 327 Å². The Balaban J connectivity index is 0.000000773. The average Bonchev–Trinajstić information content (AvgIpc) is 3.57. The fourth-order valence-corrected chi connectivity index (χ4v) is 7.93. The molecule has 0 N–H and O–H groups in total. The van der Waals surface area contributed by atoms with Gasteiger partial charge in [-0.1, -0.05) is 152 Å². The molecule has 10 rings (SSSR count). The van der Waals surface area contributed by atoms with E-state index in [9.17, 15) is 0 Å². The lowest BCUT2D eigenvalue weighted by molar-refractivity contribution is 0.766. The summed E-state index contributed by atoms with van der Waals surface area (Å²) < 4.78 is 0. The van der Waals surface area contributed by atoms with Gasteiger partial charge in [0, 0.05) is 29.1 Å². The molecular weight excluding hydrogens is 681 g/mol. The normalized spacial score (nSPS) is 14.5. The topological polar surface area (TPSA) is 51.6 Å². The molecule has 0 amide bonds. The van der Waals surface area contributed by atoms with Gasteiger partial charge in [-0.25, -0.2) is 15.0 Å². The lowest BCUT2D eigenvalue weighted by Gasteiger charge is -2.33. The first-order valence-corrected chi connectivity index (χ1v) is 18.7. The minimum atomic E-state index is -0.560. The number of aromatic nitrogens is 4. The van der Waals surface area contributed by atoms with Gasteiger partial charge in [0.05, 0.1) is 5.41 Å². The van der Waals surface area contributed by atoms with Crippen molar-refractivity contribution in [3.8, 4) is 45.3 Å². The molecule has 8 aromatic rings. The van der Waals surface area contributed by atoms with Crippen molar-refractivity contribution in [2.45, 2.75) is 12.3 Å². The molecule has 56 heavy (non-hydrogen) atoms. The van der Waals surface area contributed by atoms with E-state index < -0.39 is 5.41 Å². The van der Waals surface area contributed by atoms with Gasteiger partial charge in [-0.3, -0.25) is 4.98 Å². The van der Waals surface area contributed by atoms with Gasteiger partial charge in [-0.05, 0) is 105 Å². The third-order valence-electron chi connectivity index (χ3n) is 10.5. The molecule has 1 atom stereocenters. The molecule has 0 saturated heterocycles. The minimum Gasteiger partial charge on any atom is -0.265 e. The molecule has 0 fully saturated rings. The van der Waals surface area contributed by atoms with Gasteiger partial charge in [0.1, 0.15) is 0 Å². The lowest BCUT2D eigenvalue weighted by Crippen LogP contribution is -2.28. The highest BCUT2D eigenvalue weighted by Gasteiger charge is 2.46. The van der Waals surface area contributed by atoms with Crippen molar-refractivity contribution in [2.75, 3.05) is 0 Å². The molecule has 0 aliphatic heterocycles. The first kappa shape index (κ1) is 34.3. The predicted molar refractivity (Wildman–Crippen MR) is 230 cm³/mol. The zero-order valence-electron chi connectivity index (χ0n) is 30.9. The van der Waals surface area contributed by atoms with Gasteiger partial charge in [-0.2, -0.15) is 0 Å². The Morgan fingerprint density at radius 2 is 1.11 bits per heavy atom. The summed E-state index contributed by atoms with van der Waals surface area (Å²) in [6, 6.07) is 51.5. The van der Waals surface area contributed by atoms with Crippen molar-refractivity contribution < 1.29 is 0 Å². The molecule has 2 aliphatic carbocycles. The SMILES string of the molecule is C1=C=Cc2cc(-c3nc(-c4ccc5c(c4)C(c4ccccc4)(c4ccncc4)c4ccccc4-5)nc(-c4ccc5ccccc5c4)n3)ccc2C=1.C=C/C=C\C. The molecule has 264 valence electrons. The third-order valence-corrected chi connectivity index (χ3v) is 10.5. The Hall–Kier alpha value is -7.48. The molecular formula is C52H36N4. The highest BCUT2D eigenvalue weighted by Crippen LogP contribution is 2.56. The van der Waals surface area contributed by atoms with E-state index in [0.29, 0.717) is 17.5 Å². The van der Waals surface area contributed by atoms with Gasteiger partial charge < -0.3 is 0 Å². The Bertz CT molecular complexity index is 2870. The van der Waals surface area contributed by atoms with E-state index in [1.165, 1.54) is 33.2 Å². The molecule has 1 unspecified atom stereocenters. The summed E-state index contributed by atoms with van der Waals surface area (Å²) >= 11 is 0. The van der Waals surface area contributed by atoms with Gasteiger partial charge in [0.25, 0.3) is 0 Å². The summed E-state index contributed by atoms with van der Waals surface area (Å²) in [5, 5.41) is 2.31. The van der Waals surface area contributed by atoms with E-state index in [1.807, 2.05) is 43.6 Å². The molecule has 2 heterocycles. The monoisotopic (exact) mass is 716 g/mol. The summed E-state index contributed by atoms with van der Waals surface area (Å²) in [7, 11) is 0. The first-order chi connectivity index (χ1) is 27.7. The second kappa shape index (κ2) is 14.7. The predicted octanol–water partition coefficient (Wildman–Crippen LogP) is 12.3. The molecule has 4 heteroatoms. The lowest BCUT2D eigenvalue weighted by atomic mass is 9.68. The zero-order chi connectivity index (χ0) is 37.9. The fraction of sp³-hybridized carbons (Fsp3) is 0.0385. The Kier molecular flexibility index (Phi) is 9.03. The van der Waals surface area contributed by atoms with E-state index >= 15 is 0 Å². The van der Waals surface area contributed by atoms with Crippen LogP contribution in [0.5, 0.6) is 0 Å². The van der Waals surface area contributed by atoms with Crippen LogP contribution in [0, 0.1) is 0 Å². The van der Waals surface area contributed by atoms with Crippen LogP contribution in [0.4, 0.5) is 0 Å². The molecule has 0 bridgehead atoms. The quantitative estimate of drug-likeness (QED) is 0.127. The van der Waals surface area contributed by atoms with Gasteiger partial charge in [-0.15, -0.1) is 0 Å². The Morgan fingerprint density at radius 1 is 0.518 bits per heavy atom. The molecule has 0 saturated carbocycles. The van der Waals surface area contributed by atoms with Crippen LogP contribution in [-0.4, -0.2) is 19.9 Å². The molecule has 0 radical (unpaired) electrons. The van der Waals surface area contributed by atoms with E-state index in [0.717, 1.165) is 38.8 Å². The number of hydrogen-bond donors (Lipinski definition) is 0. The van der Waals surface area contributed by atoms with Crippen molar-refractivity contribution in [2.24, 2.45) is 0 Å². The van der Waals surface area contributed by atoms with Crippen LogP contribution in [-0.2, 0) is 5.41 Å². The second-order valence-corrected chi connectivity index (χ2v) is 13.7. The maximum atomic E-state index is 5.19. The average molecular weight is 717 g/mol. The number of allylic oxidation sites excluding steroid dienone is 3. The maximum absolute atomic E-state index is 5.19. The van der Waals surface area contributed by atoms with Crippen molar-refractivity contribution in [3.05, 3.63) is 228 Å². The van der Waals surface area contributed by atoms with Crippen LogP contribution < -0.4 is 0 Å². The van der Waals surface area contributed by atoms with Crippen LogP contribution in [0.2, 0.25) is 0 Å². The maximum Gasteiger partial charge on any atom is 0.164 e. The minimum absolute atomic E-state index is 0.560. The molecule has 6 aromatic carbocycles. The van der Waals surface area contributed by atoms with Crippen molar-refractivity contribution in [3.63, 3.8) is 0 Å². The van der Waals surface area contributed by atoms with Gasteiger partial charge in [0.15, 0.2) is 17.5 Å². The van der Waals surface area contributed by atoms with Crippen molar-refractivity contribution in [1.82, 2.24) is 19.9 Å². The summed E-state index contributed by atoms with van der Waals surface area (Å²) in [6.07, 6.45) is 13.2. The van der Waals surface area contributed by atoms with E-state index in [4.69, 9.17) is 15.0 Å². The van der Waals surface area contributed by atoms with Crippen molar-refractivity contribution in [1.29, 1.82) is 0 Å². The number of benzene rings is 6. The van der Waals surface area contributed by atoms with E-state index in [-0.39, 0.29) is 0 Å². The van der Waals surface area contributed by atoms with Crippen molar-refractivity contribution >= 4 is 22.9 Å². The van der Waals surface area contributed by atoms with Gasteiger partial charge in [0.2, 0.25) is 0 Å². The van der Waals surface area contributed by atoms with Crippen LogP contribution >= 0.6 is 0 Å². The number of pyridine rings is 1. The second-order valence-electron chi connectivity index (χ2n) is 13.7. The third kappa shape index (κ3) is 6.02. The highest BCUT2D eigenvalue weighted by atomic mass is 15.0. The van der Waals surface area contributed by atoms with E-state index in [2.05, 4.69) is 169 Å². The highest BCUT2D eigenvalue weighted by molar-refractivity contribution is 5.89. The smallest absolute Gasteiger partial charge is 0.164 e. The summed E-state index contributed by atoms with van der Waals surface area (Å²) in [5.74, 6) is 1.86. The number of rotatable bonds is 6. The van der Waals surface area contributed by atoms with E-state index in [1.54, 1.807) is 6.08 Å². The van der Waals surface area contributed by atoms with Crippen LogP contribution in [0.1, 0.15) is 40.3 Å². The summed E-state index contributed by atoms with van der Waals surface area (Å²) in [6.45, 7) is 5.42. The molecule has 0 spiro atoms. The summed E-state index contributed by atoms with van der Waals surface area (Å²) in [4.78, 5) is 19.9. The number of fused-ring (bicyclic) bond motifs is 5. The molecule has 4 nitrogen and oxygen atoms in total. The molecule has 2 aliphatic rings. The standard InChI is InChI=1S/C47H28N4.C5H8/c1-2-14-38(15-3-1)47(39-24-26-48-27-25-39)42-17-9-8-16-40(42)41-23-22-37(30-43(41)47)46-50-44(35-20-18-31-10-4-6-12-33(31)28-35)49-45(51-46)36-21-19-32-11-5-7-13-34(32)29-36;1-3-5-4-2/h1-4,6,8-30H;3-5H,1H2,2H3/b;5-4-. The number of nitrogens with zero attached hydrogens (tertiary/aromatic N) is 4. The van der Waals surface area contributed by atoms with Crippen LogP contribution in [0.25, 0.3) is 68.2 Å². The molecule has 2 aromatic heterocycles. The zero-order valence-corrected chi connectivity index (χ0v) is 30.9. The number of hydrogen-bond acceptors (Lipinski definition) is 4. The summed E-state index contributed by atoms with van der Waals surface area (Å²) in [5.41, 5.74) is 17.7. The Morgan fingerprint density at radius 3 is 1.84 bits per heavy atom.